The molecule has 3 aromatic rings. The number of aromatic nitrogens is 3. The molecule has 0 N–H and O–H groups in total. The minimum atomic E-state index is 0.868. The lowest BCUT2D eigenvalue weighted by Crippen LogP contribution is -2.31. The zero-order chi connectivity index (χ0) is 17.1. The van der Waals surface area contributed by atoms with Gasteiger partial charge in [0.2, 0.25) is 0 Å². The maximum absolute atomic E-state index is 4.63. The molecule has 4 nitrogen and oxygen atoms in total. The van der Waals surface area contributed by atoms with Crippen molar-refractivity contribution in [3.8, 4) is 11.3 Å². The molecule has 0 saturated heterocycles. The van der Waals surface area contributed by atoms with Crippen LogP contribution in [0.3, 0.4) is 0 Å². The van der Waals surface area contributed by atoms with Crippen LogP contribution < -0.4 is 0 Å². The van der Waals surface area contributed by atoms with Crippen molar-refractivity contribution in [2.24, 2.45) is 0 Å². The number of fused-ring (bicyclic) bond motifs is 1. The molecule has 25 heavy (non-hydrogen) atoms. The summed E-state index contributed by atoms with van der Waals surface area (Å²) in [4.78, 5) is 16.1. The lowest BCUT2D eigenvalue weighted by molar-refractivity contribution is 0.242. The van der Waals surface area contributed by atoms with E-state index < -0.39 is 0 Å². The number of rotatable bonds is 4. The molecule has 0 unspecified atom stereocenters. The topological polar surface area (TPSA) is 41.9 Å². The largest absolute Gasteiger partial charge is 0.294 e. The lowest BCUT2D eigenvalue weighted by Gasteiger charge is -2.27. The smallest absolute Gasteiger partial charge is 0.187 e. The van der Waals surface area contributed by atoms with E-state index >= 15 is 0 Å². The summed E-state index contributed by atoms with van der Waals surface area (Å²) in [5, 5.41) is 0.868. The van der Waals surface area contributed by atoms with Gasteiger partial charge in [-0.3, -0.25) is 9.88 Å². The van der Waals surface area contributed by atoms with Gasteiger partial charge in [-0.15, -0.1) is 0 Å². The number of nitrogens with zero attached hydrogens (tertiary/aromatic N) is 4. The fraction of sp³-hybridized carbons (Fsp3) is 0.250. The van der Waals surface area contributed by atoms with Crippen LogP contribution >= 0.6 is 11.8 Å². The van der Waals surface area contributed by atoms with Gasteiger partial charge in [0.25, 0.3) is 0 Å². The molecular weight excluding hydrogens is 328 g/mol. The van der Waals surface area contributed by atoms with Gasteiger partial charge < -0.3 is 0 Å². The molecule has 1 aliphatic heterocycles. The van der Waals surface area contributed by atoms with Crippen molar-refractivity contribution in [1.29, 1.82) is 0 Å². The normalized spacial score (nSPS) is 14.3. The number of hydrogen-bond acceptors (Lipinski definition) is 5. The number of benzene rings is 1. The van der Waals surface area contributed by atoms with E-state index in [9.17, 15) is 0 Å². The Bertz CT molecular complexity index is 849. The Morgan fingerprint density at radius 1 is 1.04 bits per heavy atom. The van der Waals surface area contributed by atoms with Crippen LogP contribution in [0.1, 0.15) is 16.8 Å². The molecule has 5 heteroatoms. The van der Waals surface area contributed by atoms with Gasteiger partial charge in [-0.25, -0.2) is 9.97 Å². The summed E-state index contributed by atoms with van der Waals surface area (Å²) in [6, 6.07) is 14.6. The Morgan fingerprint density at radius 2 is 1.92 bits per heavy atom. The summed E-state index contributed by atoms with van der Waals surface area (Å²) in [6.07, 6.45) is 6.98. The molecule has 1 aromatic carbocycles. The van der Waals surface area contributed by atoms with Crippen molar-refractivity contribution in [3.63, 3.8) is 0 Å². The minimum absolute atomic E-state index is 0.868. The van der Waals surface area contributed by atoms with E-state index in [1.165, 1.54) is 16.8 Å². The van der Waals surface area contributed by atoms with Crippen molar-refractivity contribution in [1.82, 2.24) is 19.9 Å². The number of thioether (sulfide) groups is 1. The van der Waals surface area contributed by atoms with E-state index in [4.69, 9.17) is 0 Å². The van der Waals surface area contributed by atoms with Gasteiger partial charge in [0.15, 0.2) is 5.16 Å². The first kappa shape index (κ1) is 16.2. The van der Waals surface area contributed by atoms with Crippen molar-refractivity contribution >= 4 is 11.8 Å². The maximum Gasteiger partial charge on any atom is 0.187 e. The molecule has 0 aliphatic carbocycles. The van der Waals surface area contributed by atoms with Crippen molar-refractivity contribution < 1.29 is 0 Å². The van der Waals surface area contributed by atoms with Crippen LogP contribution in [0.15, 0.2) is 60.0 Å². The van der Waals surface area contributed by atoms with Gasteiger partial charge in [0.05, 0.1) is 11.4 Å². The molecule has 1 aliphatic rings. The molecule has 0 saturated carbocycles. The zero-order valence-electron chi connectivity index (χ0n) is 14.2. The average Bonchev–Trinajstić information content (AvgIpc) is 2.69. The van der Waals surface area contributed by atoms with Crippen molar-refractivity contribution in [2.45, 2.75) is 24.7 Å². The Labute approximate surface area is 152 Å². The SMILES string of the molecule is CSc1ncc2c(n1)CCN(Cc1ccc(-c3ccccc3)nc1)C2. The third-order valence-corrected chi connectivity index (χ3v) is 5.04. The monoisotopic (exact) mass is 348 g/mol. The summed E-state index contributed by atoms with van der Waals surface area (Å²) in [5.41, 5.74) is 5.87. The second-order valence-corrected chi connectivity index (χ2v) is 6.98. The highest BCUT2D eigenvalue weighted by molar-refractivity contribution is 7.98. The van der Waals surface area contributed by atoms with Gasteiger partial charge in [0.1, 0.15) is 0 Å². The first-order valence-corrected chi connectivity index (χ1v) is 9.66. The Hall–Kier alpha value is -2.24. The summed E-state index contributed by atoms with van der Waals surface area (Å²) < 4.78 is 0. The minimum Gasteiger partial charge on any atom is -0.294 e. The third-order valence-electron chi connectivity index (χ3n) is 4.47. The average molecular weight is 348 g/mol. The predicted molar refractivity (Wildman–Crippen MR) is 101 cm³/mol. The number of pyridine rings is 1. The zero-order valence-corrected chi connectivity index (χ0v) is 15.0. The molecule has 0 bridgehead atoms. The maximum atomic E-state index is 4.63. The van der Waals surface area contributed by atoms with Crippen molar-refractivity contribution in [2.75, 3.05) is 12.8 Å². The number of hydrogen-bond donors (Lipinski definition) is 0. The first-order valence-electron chi connectivity index (χ1n) is 8.43. The highest BCUT2D eigenvalue weighted by Gasteiger charge is 2.18. The highest BCUT2D eigenvalue weighted by Crippen LogP contribution is 2.21. The van der Waals surface area contributed by atoms with Crippen LogP contribution in [0.5, 0.6) is 0 Å². The van der Waals surface area contributed by atoms with E-state index in [-0.39, 0.29) is 0 Å². The van der Waals surface area contributed by atoms with Gasteiger partial charge in [-0.1, -0.05) is 48.2 Å². The Balaban J connectivity index is 1.44. The molecule has 0 fully saturated rings. The fourth-order valence-corrected chi connectivity index (χ4v) is 3.51. The van der Waals surface area contributed by atoms with Crippen LogP contribution in [0, 0.1) is 0 Å². The van der Waals surface area contributed by atoms with E-state index in [1.807, 2.05) is 36.8 Å². The second-order valence-electron chi connectivity index (χ2n) is 6.21. The fourth-order valence-electron chi connectivity index (χ4n) is 3.15. The van der Waals surface area contributed by atoms with E-state index in [0.29, 0.717) is 0 Å². The van der Waals surface area contributed by atoms with Crippen LogP contribution in [0.25, 0.3) is 11.3 Å². The van der Waals surface area contributed by atoms with Gasteiger partial charge in [-0.2, -0.15) is 0 Å². The summed E-state index contributed by atoms with van der Waals surface area (Å²) in [5.74, 6) is 0. The molecule has 0 atom stereocenters. The predicted octanol–water partition coefficient (Wildman–Crippen LogP) is 3.82. The first-order chi connectivity index (χ1) is 12.3. The van der Waals surface area contributed by atoms with E-state index in [1.54, 1.807) is 11.8 Å². The molecule has 0 spiro atoms. The summed E-state index contributed by atoms with van der Waals surface area (Å²) >= 11 is 1.60. The van der Waals surface area contributed by atoms with Crippen LogP contribution in [-0.2, 0) is 19.5 Å². The van der Waals surface area contributed by atoms with Crippen LogP contribution in [0.4, 0.5) is 0 Å². The van der Waals surface area contributed by atoms with Crippen LogP contribution in [-0.4, -0.2) is 32.7 Å². The molecular formula is C20H20N4S. The summed E-state index contributed by atoms with van der Waals surface area (Å²) in [6.45, 7) is 2.84. The molecule has 126 valence electrons. The van der Waals surface area contributed by atoms with Crippen LogP contribution in [0.2, 0.25) is 0 Å². The van der Waals surface area contributed by atoms with E-state index in [0.717, 1.165) is 42.5 Å². The molecule has 0 radical (unpaired) electrons. The molecule has 4 rings (SSSR count). The van der Waals surface area contributed by atoms with Gasteiger partial charge >= 0.3 is 0 Å². The standard InChI is InChI=1S/C20H20N4S/c1-25-20-22-12-17-14-24(10-9-19(17)23-20)13-15-7-8-18(21-11-15)16-5-3-2-4-6-16/h2-8,11-12H,9-10,13-14H2,1H3. The molecule has 0 amide bonds. The Kier molecular flexibility index (Phi) is 4.76. The quantitative estimate of drug-likeness (QED) is 0.530. The third kappa shape index (κ3) is 3.72. The van der Waals surface area contributed by atoms with E-state index in [2.05, 4.69) is 44.1 Å². The van der Waals surface area contributed by atoms with Gasteiger partial charge in [-0.05, 0) is 17.9 Å². The summed E-state index contributed by atoms with van der Waals surface area (Å²) in [7, 11) is 0. The van der Waals surface area contributed by atoms with Gasteiger partial charge in [0, 0.05) is 49.6 Å². The van der Waals surface area contributed by atoms with Crippen molar-refractivity contribution in [3.05, 3.63) is 71.7 Å². The second kappa shape index (κ2) is 7.33. The highest BCUT2D eigenvalue weighted by atomic mass is 32.2. The lowest BCUT2D eigenvalue weighted by atomic mass is 10.1. The molecule has 3 heterocycles. The molecule has 2 aromatic heterocycles. The Morgan fingerprint density at radius 3 is 2.68 bits per heavy atom.